The number of carbonyl (C=O) groups is 2. The Kier molecular flexibility index (Phi) is 4.61. The van der Waals surface area contributed by atoms with Crippen molar-refractivity contribution >= 4 is 17.5 Å². The Morgan fingerprint density at radius 1 is 1.20 bits per heavy atom. The zero-order valence-corrected chi connectivity index (χ0v) is 14.2. The zero-order valence-electron chi connectivity index (χ0n) is 14.2. The van der Waals surface area contributed by atoms with Crippen molar-refractivity contribution in [3.8, 4) is 11.5 Å². The van der Waals surface area contributed by atoms with Crippen LogP contribution in [-0.2, 0) is 11.2 Å². The summed E-state index contributed by atoms with van der Waals surface area (Å²) < 4.78 is 10.9. The van der Waals surface area contributed by atoms with Gasteiger partial charge in [-0.25, -0.2) is 0 Å². The fourth-order valence-electron chi connectivity index (χ4n) is 2.96. The van der Waals surface area contributed by atoms with E-state index in [4.69, 9.17) is 15.2 Å². The van der Waals surface area contributed by atoms with Gasteiger partial charge in [0.1, 0.15) is 11.5 Å². The van der Waals surface area contributed by atoms with Crippen molar-refractivity contribution in [1.82, 2.24) is 0 Å². The van der Waals surface area contributed by atoms with Gasteiger partial charge in [0.2, 0.25) is 0 Å². The number of carbonyl (C=O) groups excluding carboxylic acids is 2. The SMILES string of the molecule is COc1ccc(C(N)=O)c(O[C@@H](C)C(=O)N2CCc3ccccc32)c1. The van der Waals surface area contributed by atoms with E-state index in [0.29, 0.717) is 12.3 Å². The lowest BCUT2D eigenvalue weighted by atomic mass is 10.1. The molecule has 1 aliphatic heterocycles. The van der Waals surface area contributed by atoms with E-state index in [1.165, 1.54) is 13.2 Å². The van der Waals surface area contributed by atoms with Gasteiger partial charge in [-0.3, -0.25) is 9.59 Å². The predicted molar refractivity (Wildman–Crippen MR) is 94.1 cm³/mol. The summed E-state index contributed by atoms with van der Waals surface area (Å²) in [4.78, 5) is 26.1. The average Bonchev–Trinajstić information content (AvgIpc) is 3.04. The Morgan fingerprint density at radius 2 is 1.96 bits per heavy atom. The molecule has 0 saturated heterocycles. The van der Waals surface area contributed by atoms with Gasteiger partial charge in [0.25, 0.3) is 11.8 Å². The predicted octanol–water partition coefficient (Wildman–Crippen LogP) is 2.15. The maximum Gasteiger partial charge on any atom is 0.267 e. The second-order valence-corrected chi connectivity index (χ2v) is 5.86. The lowest BCUT2D eigenvalue weighted by Gasteiger charge is -2.23. The van der Waals surface area contributed by atoms with Gasteiger partial charge in [0.15, 0.2) is 6.10 Å². The van der Waals surface area contributed by atoms with Gasteiger partial charge in [0.05, 0.1) is 12.7 Å². The summed E-state index contributed by atoms with van der Waals surface area (Å²) in [5, 5.41) is 0. The summed E-state index contributed by atoms with van der Waals surface area (Å²) >= 11 is 0. The number of nitrogens with two attached hydrogens (primary N) is 1. The first-order valence-electron chi connectivity index (χ1n) is 8.05. The van der Waals surface area contributed by atoms with E-state index >= 15 is 0 Å². The van der Waals surface area contributed by atoms with Gasteiger partial charge in [-0.05, 0) is 37.1 Å². The number of methoxy groups -OCH3 is 1. The van der Waals surface area contributed by atoms with Crippen molar-refractivity contribution in [3.63, 3.8) is 0 Å². The lowest BCUT2D eigenvalue weighted by Crippen LogP contribution is -2.39. The molecule has 0 unspecified atom stereocenters. The van der Waals surface area contributed by atoms with Crippen molar-refractivity contribution in [1.29, 1.82) is 0 Å². The van der Waals surface area contributed by atoms with Crippen molar-refractivity contribution < 1.29 is 19.1 Å². The minimum absolute atomic E-state index is 0.164. The maximum absolute atomic E-state index is 12.8. The van der Waals surface area contributed by atoms with Crippen LogP contribution in [0.25, 0.3) is 0 Å². The molecule has 6 nitrogen and oxygen atoms in total. The summed E-state index contributed by atoms with van der Waals surface area (Å²) in [5.41, 5.74) is 7.65. The number of amides is 2. The molecule has 0 saturated carbocycles. The molecule has 0 spiro atoms. The van der Waals surface area contributed by atoms with Crippen LogP contribution in [0.3, 0.4) is 0 Å². The number of nitrogens with zero attached hydrogens (tertiary/aromatic N) is 1. The first-order valence-corrected chi connectivity index (χ1v) is 8.05. The van der Waals surface area contributed by atoms with Crippen LogP contribution in [-0.4, -0.2) is 31.6 Å². The first-order chi connectivity index (χ1) is 12.0. The van der Waals surface area contributed by atoms with Gasteiger partial charge in [0, 0.05) is 18.3 Å². The van der Waals surface area contributed by atoms with Crippen LogP contribution in [0.5, 0.6) is 11.5 Å². The number of hydrogen-bond acceptors (Lipinski definition) is 4. The number of ether oxygens (including phenoxy) is 2. The largest absolute Gasteiger partial charge is 0.497 e. The van der Waals surface area contributed by atoms with E-state index in [-0.39, 0.29) is 17.2 Å². The Labute approximate surface area is 146 Å². The highest BCUT2D eigenvalue weighted by molar-refractivity contribution is 5.99. The molecule has 3 rings (SSSR count). The molecule has 130 valence electrons. The van der Waals surface area contributed by atoms with Crippen molar-refractivity contribution in [2.24, 2.45) is 5.73 Å². The Balaban J connectivity index is 1.82. The van der Waals surface area contributed by atoms with Crippen molar-refractivity contribution in [3.05, 3.63) is 53.6 Å². The van der Waals surface area contributed by atoms with E-state index in [2.05, 4.69) is 0 Å². The molecule has 0 fully saturated rings. The Hall–Kier alpha value is -3.02. The minimum atomic E-state index is -0.767. The number of fused-ring (bicyclic) bond motifs is 1. The number of anilines is 1. The molecule has 2 N–H and O–H groups in total. The van der Waals surface area contributed by atoms with Crippen LogP contribution >= 0.6 is 0 Å². The molecule has 1 aliphatic rings. The van der Waals surface area contributed by atoms with Crippen LogP contribution in [0.1, 0.15) is 22.8 Å². The molecule has 1 atom stereocenters. The topological polar surface area (TPSA) is 81.9 Å². The van der Waals surface area contributed by atoms with Gasteiger partial charge in [-0.1, -0.05) is 18.2 Å². The van der Waals surface area contributed by atoms with E-state index in [0.717, 1.165) is 17.7 Å². The highest BCUT2D eigenvalue weighted by Crippen LogP contribution is 2.30. The number of rotatable bonds is 5. The molecule has 25 heavy (non-hydrogen) atoms. The lowest BCUT2D eigenvalue weighted by molar-refractivity contribution is -0.124. The molecular weight excluding hydrogens is 320 g/mol. The van der Waals surface area contributed by atoms with Gasteiger partial charge in [-0.15, -0.1) is 0 Å². The van der Waals surface area contributed by atoms with E-state index in [9.17, 15) is 9.59 Å². The third kappa shape index (κ3) is 3.28. The summed E-state index contributed by atoms with van der Waals surface area (Å²) in [7, 11) is 1.51. The number of hydrogen-bond donors (Lipinski definition) is 1. The molecule has 2 aromatic rings. The molecule has 0 radical (unpaired) electrons. The molecule has 0 aliphatic carbocycles. The Bertz CT molecular complexity index is 819. The zero-order chi connectivity index (χ0) is 18.0. The fraction of sp³-hybridized carbons (Fsp3) is 0.263. The fourth-order valence-corrected chi connectivity index (χ4v) is 2.96. The van der Waals surface area contributed by atoms with E-state index in [1.54, 1.807) is 24.0 Å². The third-order valence-electron chi connectivity index (χ3n) is 4.26. The Morgan fingerprint density at radius 3 is 2.68 bits per heavy atom. The van der Waals surface area contributed by atoms with Crippen molar-refractivity contribution in [2.75, 3.05) is 18.6 Å². The summed E-state index contributed by atoms with van der Waals surface area (Å²) in [6.45, 7) is 2.28. The van der Waals surface area contributed by atoms with Gasteiger partial charge in [-0.2, -0.15) is 0 Å². The summed E-state index contributed by atoms with van der Waals surface area (Å²) in [5.74, 6) is -0.0293. The molecule has 2 amide bonds. The van der Waals surface area contributed by atoms with E-state index < -0.39 is 12.0 Å². The van der Waals surface area contributed by atoms with Crippen LogP contribution in [0.4, 0.5) is 5.69 Å². The monoisotopic (exact) mass is 340 g/mol. The van der Waals surface area contributed by atoms with Crippen LogP contribution in [0.2, 0.25) is 0 Å². The van der Waals surface area contributed by atoms with Gasteiger partial charge >= 0.3 is 0 Å². The number of para-hydroxylation sites is 1. The second kappa shape index (κ2) is 6.84. The third-order valence-corrected chi connectivity index (χ3v) is 4.26. The smallest absolute Gasteiger partial charge is 0.267 e. The standard InChI is InChI=1S/C19H20N2O4/c1-12(19(23)21-10-9-13-5-3-4-6-16(13)21)25-17-11-14(24-2)7-8-15(17)18(20)22/h3-8,11-12H,9-10H2,1-2H3,(H2,20,22)/t12-/m0/s1. The first kappa shape index (κ1) is 16.8. The van der Waals surface area contributed by atoms with Gasteiger partial charge < -0.3 is 20.1 Å². The summed E-state index contributed by atoms with van der Waals surface area (Å²) in [6.07, 6.45) is 0.0525. The molecule has 1 heterocycles. The highest BCUT2D eigenvalue weighted by atomic mass is 16.5. The highest BCUT2D eigenvalue weighted by Gasteiger charge is 2.29. The molecule has 6 heteroatoms. The summed E-state index contributed by atoms with van der Waals surface area (Å²) in [6, 6.07) is 12.5. The molecule has 2 aromatic carbocycles. The minimum Gasteiger partial charge on any atom is -0.497 e. The second-order valence-electron chi connectivity index (χ2n) is 5.86. The normalized spacial score (nSPS) is 13.9. The average molecular weight is 340 g/mol. The molecule has 0 aromatic heterocycles. The van der Waals surface area contributed by atoms with E-state index in [1.807, 2.05) is 24.3 Å². The van der Waals surface area contributed by atoms with Crippen LogP contribution in [0.15, 0.2) is 42.5 Å². The van der Waals surface area contributed by atoms with Crippen LogP contribution in [0, 0.1) is 0 Å². The molecule has 0 bridgehead atoms. The molecular formula is C19H20N2O4. The maximum atomic E-state index is 12.8. The van der Waals surface area contributed by atoms with Crippen LogP contribution < -0.4 is 20.1 Å². The van der Waals surface area contributed by atoms with Crippen molar-refractivity contribution in [2.45, 2.75) is 19.4 Å². The quantitative estimate of drug-likeness (QED) is 0.904. The number of primary amides is 1. The number of benzene rings is 2.